The predicted molar refractivity (Wildman–Crippen MR) is 97.0 cm³/mol. The smallest absolute Gasteiger partial charge is 0.354 e. The SMILES string of the molecule is CCN(CC)CCCNC(=O)C(C)n1nc(C(F)(F)F)c(Br)c1C1CC1. The van der Waals surface area contributed by atoms with Crippen LogP contribution >= 0.6 is 15.9 Å². The molecule has 2 rings (SSSR count). The molecule has 9 heteroatoms. The number of hydrogen-bond donors (Lipinski definition) is 1. The molecule has 1 aromatic heterocycles. The summed E-state index contributed by atoms with van der Waals surface area (Å²) in [5.41, 5.74) is -0.483. The fraction of sp³-hybridized carbons (Fsp3) is 0.765. The third-order valence-electron chi connectivity index (χ3n) is 4.71. The predicted octanol–water partition coefficient (Wildman–Crippen LogP) is 3.95. The van der Waals surface area contributed by atoms with Gasteiger partial charge < -0.3 is 10.2 Å². The quantitative estimate of drug-likeness (QED) is 0.593. The highest BCUT2D eigenvalue weighted by atomic mass is 79.9. The molecule has 26 heavy (non-hydrogen) atoms. The summed E-state index contributed by atoms with van der Waals surface area (Å²) in [6.07, 6.45) is -2.11. The fourth-order valence-corrected chi connectivity index (χ4v) is 3.75. The van der Waals surface area contributed by atoms with E-state index in [1.54, 1.807) is 6.92 Å². The average molecular weight is 439 g/mol. The lowest BCUT2D eigenvalue weighted by atomic mass is 10.2. The van der Waals surface area contributed by atoms with Gasteiger partial charge in [-0.05, 0) is 61.8 Å². The van der Waals surface area contributed by atoms with Crippen molar-refractivity contribution in [3.05, 3.63) is 15.9 Å². The summed E-state index contributed by atoms with van der Waals surface area (Å²) in [6, 6.07) is -0.786. The number of carbonyl (C=O) groups is 1. The molecule has 148 valence electrons. The molecule has 1 aliphatic carbocycles. The second-order valence-corrected chi connectivity index (χ2v) is 7.40. The molecule has 1 fully saturated rings. The molecule has 0 aliphatic heterocycles. The van der Waals surface area contributed by atoms with Crippen LogP contribution in [-0.2, 0) is 11.0 Å². The largest absolute Gasteiger partial charge is 0.436 e. The lowest BCUT2D eigenvalue weighted by Crippen LogP contribution is -2.34. The number of hydrogen-bond acceptors (Lipinski definition) is 3. The van der Waals surface area contributed by atoms with Gasteiger partial charge in [0.2, 0.25) is 5.91 Å². The van der Waals surface area contributed by atoms with E-state index in [2.05, 4.69) is 45.1 Å². The molecule has 1 aliphatic rings. The van der Waals surface area contributed by atoms with Crippen LogP contribution in [0.4, 0.5) is 13.2 Å². The standard InChI is InChI=1S/C17H26BrF3N4O/c1-4-24(5-2)10-6-9-22-16(26)11(3)25-14(12-7-8-12)13(18)15(23-25)17(19,20)21/h11-12H,4-10H2,1-3H3,(H,22,26). The van der Waals surface area contributed by atoms with Crippen molar-refractivity contribution in [1.29, 1.82) is 0 Å². The van der Waals surface area contributed by atoms with Crippen LogP contribution in [0.3, 0.4) is 0 Å². The number of carbonyl (C=O) groups excluding carboxylic acids is 1. The number of rotatable bonds is 9. The Labute approximate surface area is 160 Å². The summed E-state index contributed by atoms with van der Waals surface area (Å²) < 4.78 is 40.7. The molecule has 1 atom stereocenters. The third-order valence-corrected chi connectivity index (χ3v) is 5.49. The van der Waals surface area contributed by atoms with Crippen LogP contribution in [0.15, 0.2) is 4.47 Å². The maximum absolute atomic E-state index is 13.2. The summed E-state index contributed by atoms with van der Waals surface area (Å²) in [4.78, 5) is 14.7. The van der Waals surface area contributed by atoms with E-state index in [0.29, 0.717) is 12.2 Å². The van der Waals surface area contributed by atoms with Crippen molar-refractivity contribution in [1.82, 2.24) is 20.0 Å². The average Bonchev–Trinajstić information content (AvgIpc) is 3.35. The van der Waals surface area contributed by atoms with E-state index in [9.17, 15) is 18.0 Å². The molecule has 0 radical (unpaired) electrons. The van der Waals surface area contributed by atoms with Crippen LogP contribution in [0.25, 0.3) is 0 Å². The zero-order valence-corrected chi connectivity index (χ0v) is 17.0. The molecule has 1 aromatic rings. The first-order chi connectivity index (χ1) is 12.2. The Bertz CT molecular complexity index is 624. The number of alkyl halides is 3. The molecular weight excluding hydrogens is 413 g/mol. The first-order valence-corrected chi connectivity index (χ1v) is 9.85. The molecule has 1 heterocycles. The van der Waals surface area contributed by atoms with Gasteiger partial charge >= 0.3 is 6.18 Å². The van der Waals surface area contributed by atoms with Gasteiger partial charge in [-0.15, -0.1) is 0 Å². The number of halogens is 4. The molecule has 0 saturated heterocycles. The summed E-state index contributed by atoms with van der Waals surface area (Å²) in [5.74, 6) is -0.277. The monoisotopic (exact) mass is 438 g/mol. The second-order valence-electron chi connectivity index (χ2n) is 6.61. The first-order valence-electron chi connectivity index (χ1n) is 9.05. The van der Waals surface area contributed by atoms with E-state index < -0.39 is 17.9 Å². The topological polar surface area (TPSA) is 50.2 Å². The van der Waals surface area contributed by atoms with Crippen molar-refractivity contribution in [2.24, 2.45) is 0 Å². The Morgan fingerprint density at radius 2 is 2.00 bits per heavy atom. The van der Waals surface area contributed by atoms with Crippen LogP contribution in [0, 0.1) is 0 Å². The van der Waals surface area contributed by atoms with Gasteiger partial charge in [-0.2, -0.15) is 18.3 Å². The Kier molecular flexibility index (Phi) is 7.12. The molecular formula is C17H26BrF3N4O. The highest BCUT2D eigenvalue weighted by Gasteiger charge is 2.42. The van der Waals surface area contributed by atoms with Crippen molar-refractivity contribution in [2.45, 2.75) is 58.2 Å². The Morgan fingerprint density at radius 1 is 1.38 bits per heavy atom. The van der Waals surface area contributed by atoms with E-state index >= 15 is 0 Å². The molecule has 1 saturated carbocycles. The molecule has 0 bridgehead atoms. The summed E-state index contributed by atoms with van der Waals surface area (Å²) in [6.45, 7) is 9.02. The molecule has 0 aromatic carbocycles. The van der Waals surface area contributed by atoms with Crippen LogP contribution < -0.4 is 5.32 Å². The van der Waals surface area contributed by atoms with Crippen LogP contribution in [0.2, 0.25) is 0 Å². The Hall–Kier alpha value is -1.09. The highest BCUT2D eigenvalue weighted by molar-refractivity contribution is 9.10. The molecule has 1 N–H and O–H groups in total. The van der Waals surface area contributed by atoms with E-state index in [-0.39, 0.29) is 16.3 Å². The highest BCUT2D eigenvalue weighted by Crippen LogP contribution is 2.47. The summed E-state index contributed by atoms with van der Waals surface area (Å²) in [7, 11) is 0. The maximum atomic E-state index is 13.2. The van der Waals surface area contributed by atoms with Gasteiger partial charge in [-0.1, -0.05) is 13.8 Å². The minimum Gasteiger partial charge on any atom is -0.354 e. The second kappa shape index (κ2) is 8.73. The zero-order chi connectivity index (χ0) is 19.5. The van der Waals surface area contributed by atoms with Crippen LogP contribution in [-0.4, -0.2) is 46.8 Å². The van der Waals surface area contributed by atoms with Crippen molar-refractivity contribution in [3.8, 4) is 0 Å². The lowest BCUT2D eigenvalue weighted by molar-refractivity contribution is -0.142. The number of aromatic nitrogens is 2. The van der Waals surface area contributed by atoms with Crippen molar-refractivity contribution in [2.75, 3.05) is 26.2 Å². The molecule has 5 nitrogen and oxygen atoms in total. The van der Waals surface area contributed by atoms with Gasteiger partial charge in [-0.3, -0.25) is 9.48 Å². The minimum absolute atomic E-state index is 0.0332. The van der Waals surface area contributed by atoms with Gasteiger partial charge in [0.1, 0.15) is 6.04 Å². The van der Waals surface area contributed by atoms with Crippen LogP contribution in [0.5, 0.6) is 0 Å². The Balaban J connectivity index is 2.04. The summed E-state index contributed by atoms with van der Waals surface area (Å²) >= 11 is 3.05. The summed E-state index contributed by atoms with van der Waals surface area (Å²) in [5, 5.41) is 6.54. The van der Waals surface area contributed by atoms with Gasteiger partial charge in [0.25, 0.3) is 0 Å². The number of nitrogens with one attached hydrogen (secondary N) is 1. The maximum Gasteiger partial charge on any atom is 0.436 e. The lowest BCUT2D eigenvalue weighted by Gasteiger charge is -2.19. The normalized spacial score (nSPS) is 16.2. The molecule has 1 unspecified atom stereocenters. The van der Waals surface area contributed by atoms with E-state index in [0.717, 1.165) is 38.9 Å². The van der Waals surface area contributed by atoms with Crippen LogP contribution in [0.1, 0.15) is 63.4 Å². The third kappa shape index (κ3) is 5.00. The van der Waals surface area contributed by atoms with E-state index in [1.165, 1.54) is 4.68 Å². The van der Waals surface area contributed by atoms with E-state index in [4.69, 9.17) is 0 Å². The first kappa shape index (κ1) is 21.2. The molecule has 0 spiro atoms. The van der Waals surface area contributed by atoms with Gasteiger partial charge in [0.05, 0.1) is 10.2 Å². The van der Waals surface area contributed by atoms with Crippen molar-refractivity contribution >= 4 is 21.8 Å². The van der Waals surface area contributed by atoms with Gasteiger partial charge in [-0.25, -0.2) is 0 Å². The van der Waals surface area contributed by atoms with Gasteiger partial charge in [0, 0.05) is 12.5 Å². The fourth-order valence-electron chi connectivity index (χ4n) is 2.94. The number of amides is 1. The van der Waals surface area contributed by atoms with E-state index in [1.807, 2.05) is 0 Å². The number of nitrogens with zero attached hydrogens (tertiary/aromatic N) is 3. The Morgan fingerprint density at radius 3 is 2.50 bits per heavy atom. The van der Waals surface area contributed by atoms with Gasteiger partial charge in [0.15, 0.2) is 5.69 Å². The van der Waals surface area contributed by atoms with Crippen molar-refractivity contribution in [3.63, 3.8) is 0 Å². The minimum atomic E-state index is -4.55. The zero-order valence-electron chi connectivity index (χ0n) is 15.4. The molecule has 1 amide bonds. The van der Waals surface area contributed by atoms with Crippen molar-refractivity contribution < 1.29 is 18.0 Å².